The molecule has 0 saturated carbocycles. The molecular weight excluding hydrogens is 419 g/mol. The van der Waals surface area contributed by atoms with Crippen LogP contribution in [0.4, 0.5) is 0 Å². The van der Waals surface area contributed by atoms with Crippen molar-refractivity contribution < 1.29 is 4.57 Å². The average molecular weight is 443 g/mol. The number of benzene rings is 3. The average Bonchev–Trinajstić information content (AvgIpc) is 3.38. The molecule has 1 heterocycles. The predicted molar refractivity (Wildman–Crippen MR) is 129 cm³/mol. The van der Waals surface area contributed by atoms with E-state index in [4.69, 9.17) is 0 Å². The van der Waals surface area contributed by atoms with Crippen molar-refractivity contribution in [2.75, 3.05) is 0 Å². The van der Waals surface area contributed by atoms with Crippen LogP contribution in [0.25, 0.3) is 0 Å². The lowest BCUT2D eigenvalue weighted by atomic mass is 9.77. The summed E-state index contributed by atoms with van der Waals surface area (Å²) >= 11 is 1.56. The topological polar surface area (TPSA) is 52.9 Å². The minimum absolute atomic E-state index is 0.467. The van der Waals surface area contributed by atoms with Gasteiger partial charge in [-0.05, 0) is 48.2 Å². The lowest BCUT2D eigenvalue weighted by molar-refractivity contribution is 0.451. The van der Waals surface area contributed by atoms with Crippen molar-refractivity contribution in [3.8, 4) is 6.07 Å². The molecule has 2 atom stereocenters. The fraction of sp³-hybridized carbons (Fsp3) is 0.115. The van der Waals surface area contributed by atoms with Crippen molar-refractivity contribution in [1.82, 2.24) is 5.09 Å². The molecular formula is C26H23N2OPS. The van der Waals surface area contributed by atoms with Gasteiger partial charge in [-0.15, -0.1) is 11.3 Å². The molecule has 0 saturated heterocycles. The zero-order valence-electron chi connectivity index (χ0n) is 17.2. The Hall–Kier alpha value is -2.96. The van der Waals surface area contributed by atoms with Crippen molar-refractivity contribution in [1.29, 1.82) is 5.26 Å². The van der Waals surface area contributed by atoms with Gasteiger partial charge in [0.15, 0.2) is 0 Å². The number of thiophene rings is 1. The van der Waals surface area contributed by atoms with Crippen molar-refractivity contribution in [3.63, 3.8) is 0 Å². The summed E-state index contributed by atoms with van der Waals surface area (Å²) in [6, 6.07) is 34.7. The van der Waals surface area contributed by atoms with E-state index in [9.17, 15) is 9.83 Å². The molecule has 1 aromatic heterocycles. The van der Waals surface area contributed by atoms with E-state index < -0.39 is 18.7 Å². The third-order valence-electron chi connectivity index (χ3n) is 5.56. The Morgan fingerprint density at radius 2 is 1.35 bits per heavy atom. The number of hydrogen-bond donors (Lipinski definition) is 1. The van der Waals surface area contributed by atoms with Crippen LogP contribution in [0.2, 0.25) is 0 Å². The van der Waals surface area contributed by atoms with Gasteiger partial charge in [0.25, 0.3) is 0 Å². The first-order valence-corrected chi connectivity index (χ1v) is 12.7. The van der Waals surface area contributed by atoms with Gasteiger partial charge in [-0.25, -0.2) is 5.09 Å². The van der Waals surface area contributed by atoms with Gasteiger partial charge in [0.05, 0.1) is 17.5 Å². The predicted octanol–water partition coefficient (Wildman–Crippen LogP) is 5.79. The van der Waals surface area contributed by atoms with Gasteiger partial charge in [0.2, 0.25) is 7.29 Å². The third kappa shape index (κ3) is 4.13. The van der Waals surface area contributed by atoms with Crippen LogP contribution in [0.3, 0.4) is 0 Å². The highest BCUT2D eigenvalue weighted by Gasteiger charge is 2.42. The van der Waals surface area contributed by atoms with Crippen molar-refractivity contribution >= 4 is 29.2 Å². The summed E-state index contributed by atoms with van der Waals surface area (Å²) in [4.78, 5) is 0.972. The van der Waals surface area contributed by atoms with E-state index in [1.807, 2.05) is 115 Å². The second-order valence-electron chi connectivity index (χ2n) is 7.54. The third-order valence-corrected chi connectivity index (χ3v) is 9.17. The van der Waals surface area contributed by atoms with Crippen molar-refractivity contribution in [3.05, 3.63) is 119 Å². The first-order chi connectivity index (χ1) is 15.1. The monoisotopic (exact) mass is 442 g/mol. The number of nitrogens with zero attached hydrogens (tertiary/aromatic N) is 1. The van der Waals surface area contributed by atoms with Crippen LogP contribution in [0.1, 0.15) is 23.4 Å². The van der Waals surface area contributed by atoms with E-state index >= 15 is 0 Å². The van der Waals surface area contributed by atoms with Crippen LogP contribution >= 0.6 is 18.6 Å². The molecule has 154 valence electrons. The zero-order chi connectivity index (χ0) is 21.7. The van der Waals surface area contributed by atoms with Gasteiger partial charge < -0.3 is 0 Å². The van der Waals surface area contributed by atoms with Crippen LogP contribution in [-0.4, -0.2) is 0 Å². The summed E-state index contributed by atoms with van der Waals surface area (Å²) in [7, 11) is -3.25. The minimum atomic E-state index is -3.25. The molecule has 5 heteroatoms. The highest BCUT2D eigenvalue weighted by molar-refractivity contribution is 7.76. The molecule has 3 nitrogen and oxygen atoms in total. The number of nitrogens with one attached hydrogen (secondary N) is 1. The summed E-state index contributed by atoms with van der Waals surface area (Å²) in [5.41, 5.74) is -0.0400. The van der Waals surface area contributed by atoms with Crippen LogP contribution in [0.5, 0.6) is 0 Å². The van der Waals surface area contributed by atoms with Crippen molar-refractivity contribution in [2.24, 2.45) is 0 Å². The summed E-state index contributed by atoms with van der Waals surface area (Å²) in [6.45, 7) is 1.92. The number of rotatable bonds is 7. The highest BCUT2D eigenvalue weighted by Crippen LogP contribution is 2.48. The highest BCUT2D eigenvalue weighted by atomic mass is 32.1. The maximum absolute atomic E-state index is 14.7. The van der Waals surface area contributed by atoms with Crippen LogP contribution in [-0.2, 0) is 9.98 Å². The molecule has 0 aliphatic rings. The summed E-state index contributed by atoms with van der Waals surface area (Å²) in [5, 5.41) is 17.3. The molecule has 3 aromatic carbocycles. The van der Waals surface area contributed by atoms with E-state index in [1.165, 1.54) is 0 Å². The van der Waals surface area contributed by atoms with E-state index in [0.717, 1.165) is 21.0 Å². The molecule has 0 amide bonds. The fourth-order valence-corrected chi connectivity index (χ4v) is 7.30. The Bertz CT molecular complexity index is 1160. The van der Waals surface area contributed by atoms with Gasteiger partial charge >= 0.3 is 0 Å². The summed E-state index contributed by atoms with van der Waals surface area (Å²) in [5.74, 6) is 0. The molecule has 4 rings (SSSR count). The largest absolute Gasteiger partial charge is 0.297 e. The Morgan fingerprint density at radius 1 is 0.839 bits per heavy atom. The number of hydrogen-bond acceptors (Lipinski definition) is 3. The van der Waals surface area contributed by atoms with Gasteiger partial charge in [0, 0.05) is 15.5 Å². The van der Waals surface area contributed by atoms with E-state index in [-0.39, 0.29) is 0 Å². The molecule has 0 unspecified atom stereocenters. The first kappa shape index (κ1) is 21.3. The second kappa shape index (κ2) is 9.04. The van der Waals surface area contributed by atoms with E-state index in [2.05, 4.69) is 11.2 Å². The molecule has 1 N–H and O–H groups in total. The Kier molecular flexibility index (Phi) is 6.20. The lowest BCUT2D eigenvalue weighted by Crippen LogP contribution is -2.40. The summed E-state index contributed by atoms with van der Waals surface area (Å²) in [6.07, 6.45) is 0. The molecule has 0 fully saturated rings. The molecule has 0 aliphatic carbocycles. The standard InChI is InChI=1S/C26H23N2OPS/c1-26(20-27,21-12-5-2-6-13-21)25(24-18-11-19-31-24)28-30(29,22-14-7-3-8-15-22)23-16-9-4-10-17-23/h2-19,25H,1H3,(H,28,29)/t25-,26-/m1/s1. The van der Waals surface area contributed by atoms with Gasteiger partial charge in [0.1, 0.15) is 0 Å². The summed E-state index contributed by atoms with van der Waals surface area (Å²) < 4.78 is 14.7. The quantitative estimate of drug-likeness (QED) is 0.369. The van der Waals surface area contributed by atoms with Gasteiger partial charge in [-0.1, -0.05) is 72.8 Å². The van der Waals surface area contributed by atoms with E-state index in [0.29, 0.717) is 0 Å². The molecule has 31 heavy (non-hydrogen) atoms. The van der Waals surface area contributed by atoms with Crippen LogP contribution in [0, 0.1) is 11.3 Å². The fourth-order valence-electron chi connectivity index (χ4n) is 3.77. The minimum Gasteiger partial charge on any atom is -0.297 e. The van der Waals surface area contributed by atoms with Gasteiger partial charge in [-0.2, -0.15) is 5.26 Å². The van der Waals surface area contributed by atoms with Crippen LogP contribution in [0.15, 0.2) is 109 Å². The second-order valence-corrected chi connectivity index (χ2v) is 11.0. The molecule has 0 radical (unpaired) electrons. The maximum atomic E-state index is 14.7. The smallest absolute Gasteiger partial charge is 0.205 e. The van der Waals surface area contributed by atoms with Gasteiger partial charge in [-0.3, -0.25) is 4.57 Å². The molecule has 4 aromatic rings. The molecule has 0 aliphatic heterocycles. The Morgan fingerprint density at radius 3 is 1.81 bits per heavy atom. The lowest BCUT2D eigenvalue weighted by Gasteiger charge is -2.35. The Balaban J connectivity index is 1.90. The number of nitriles is 1. The normalized spacial score (nSPS) is 14.3. The first-order valence-electron chi connectivity index (χ1n) is 10.1. The van der Waals surface area contributed by atoms with Crippen molar-refractivity contribution in [2.45, 2.75) is 18.4 Å². The van der Waals surface area contributed by atoms with E-state index in [1.54, 1.807) is 11.3 Å². The Labute approximate surface area is 187 Å². The molecule has 0 bridgehead atoms. The van der Waals surface area contributed by atoms with Crippen LogP contribution < -0.4 is 15.7 Å². The maximum Gasteiger partial charge on any atom is 0.205 e. The SMILES string of the molecule is C[C@@](C#N)(c1ccccc1)[C@H](NP(=O)(c1ccccc1)c1ccccc1)c1cccs1. The zero-order valence-corrected chi connectivity index (χ0v) is 18.9. The molecule has 0 spiro atoms.